The van der Waals surface area contributed by atoms with Crippen LogP contribution in [0.1, 0.15) is 26.3 Å². The van der Waals surface area contributed by atoms with Crippen LogP contribution in [0.25, 0.3) is 33.8 Å². The maximum absolute atomic E-state index is 14.3. The Kier molecular flexibility index (Phi) is 8.00. The van der Waals surface area contributed by atoms with Crippen molar-refractivity contribution in [3.63, 3.8) is 0 Å². The van der Waals surface area contributed by atoms with Gasteiger partial charge < -0.3 is 9.15 Å². The minimum Gasteiger partial charge on any atom is -0.455 e. The van der Waals surface area contributed by atoms with Gasteiger partial charge >= 0.3 is 5.97 Å². The molecule has 1 aromatic heterocycles. The molecule has 0 aliphatic heterocycles. The van der Waals surface area contributed by atoms with Gasteiger partial charge in [-0.1, -0.05) is 123 Å². The highest BCUT2D eigenvalue weighted by atomic mass is 79.9. The summed E-state index contributed by atoms with van der Waals surface area (Å²) >= 11 is 6.91. The molecule has 0 unspecified atom stereocenters. The number of rotatable bonds is 7. The van der Waals surface area contributed by atoms with Crippen molar-refractivity contribution < 1.29 is 18.7 Å². The van der Waals surface area contributed by atoms with E-state index >= 15 is 0 Å². The molecule has 6 aromatic rings. The molecule has 6 rings (SSSR count). The predicted octanol–water partition coefficient (Wildman–Crippen LogP) is 10.3. The molecular weight excluding hydrogens is 656 g/mol. The lowest BCUT2D eigenvalue weighted by Gasteiger charge is -2.13. The lowest BCUT2D eigenvalue weighted by atomic mass is 9.90. The van der Waals surface area contributed by atoms with Crippen LogP contribution in [0.3, 0.4) is 0 Å². The van der Waals surface area contributed by atoms with Crippen molar-refractivity contribution in [3.05, 3.63) is 159 Å². The Labute approximate surface area is 259 Å². The summed E-state index contributed by atoms with van der Waals surface area (Å²) in [5.41, 5.74) is 3.94. The van der Waals surface area contributed by atoms with Crippen LogP contribution in [-0.2, 0) is 0 Å². The van der Waals surface area contributed by atoms with E-state index in [0.29, 0.717) is 45.1 Å². The van der Waals surface area contributed by atoms with E-state index in [1.807, 2.05) is 84.9 Å². The van der Waals surface area contributed by atoms with Crippen LogP contribution < -0.4 is 4.74 Å². The molecule has 6 heteroatoms. The van der Waals surface area contributed by atoms with Gasteiger partial charge in [0.1, 0.15) is 17.3 Å². The number of benzene rings is 5. The first-order valence-corrected chi connectivity index (χ1v) is 14.7. The average molecular weight is 678 g/mol. The molecule has 0 radical (unpaired) electrons. The number of halogens is 2. The van der Waals surface area contributed by atoms with Crippen molar-refractivity contribution >= 4 is 43.6 Å². The summed E-state index contributed by atoms with van der Waals surface area (Å²) in [5, 5.41) is 0. The molecule has 4 nitrogen and oxygen atoms in total. The van der Waals surface area contributed by atoms with Gasteiger partial charge in [0.2, 0.25) is 0 Å². The van der Waals surface area contributed by atoms with E-state index in [1.54, 1.807) is 48.5 Å². The number of carbonyl (C=O) groups excluding carboxylic acids is 2. The Morgan fingerprint density at radius 2 is 1.10 bits per heavy atom. The fraction of sp³-hybridized carbons (Fsp3) is 0. The third kappa shape index (κ3) is 5.64. The van der Waals surface area contributed by atoms with Gasteiger partial charge in [-0.15, -0.1) is 0 Å². The van der Waals surface area contributed by atoms with Crippen molar-refractivity contribution in [3.8, 4) is 39.5 Å². The van der Waals surface area contributed by atoms with Crippen LogP contribution in [0.4, 0.5) is 0 Å². The normalized spacial score (nSPS) is 10.8. The molecule has 0 fully saturated rings. The van der Waals surface area contributed by atoms with E-state index in [4.69, 9.17) is 9.15 Å². The van der Waals surface area contributed by atoms with Crippen molar-refractivity contribution in [2.24, 2.45) is 0 Å². The lowest BCUT2D eigenvalue weighted by molar-refractivity contribution is 0.0735. The molecule has 0 aliphatic carbocycles. The van der Waals surface area contributed by atoms with Crippen LogP contribution in [-0.4, -0.2) is 11.8 Å². The largest absolute Gasteiger partial charge is 0.455 e. The molecular formula is C36H22Br2O4. The Bertz CT molecular complexity index is 1880. The maximum Gasteiger partial charge on any atom is 0.343 e. The molecule has 0 N–H and O–H groups in total. The number of furan rings is 1. The maximum atomic E-state index is 14.3. The van der Waals surface area contributed by atoms with E-state index in [9.17, 15) is 9.59 Å². The predicted molar refractivity (Wildman–Crippen MR) is 172 cm³/mol. The summed E-state index contributed by atoms with van der Waals surface area (Å²) < 4.78 is 14.4. The average Bonchev–Trinajstić information content (AvgIpc) is 3.43. The van der Waals surface area contributed by atoms with Crippen LogP contribution in [0.5, 0.6) is 5.75 Å². The van der Waals surface area contributed by atoms with Gasteiger partial charge in [-0.3, -0.25) is 4.79 Å². The van der Waals surface area contributed by atoms with Crippen molar-refractivity contribution in [1.29, 1.82) is 0 Å². The SMILES string of the molecule is O=C(Oc1ccccc1-c1c(-c2ccc(Br)cc2)oc(-c2ccccc2)c1C(=O)c1ccccc1)c1ccc(Br)cc1. The smallest absolute Gasteiger partial charge is 0.343 e. The summed E-state index contributed by atoms with van der Waals surface area (Å²) in [6.45, 7) is 0. The zero-order valence-electron chi connectivity index (χ0n) is 22.1. The molecule has 5 aromatic carbocycles. The molecule has 0 atom stereocenters. The second-order valence-corrected chi connectivity index (χ2v) is 11.3. The monoisotopic (exact) mass is 676 g/mol. The van der Waals surface area contributed by atoms with Crippen molar-refractivity contribution in [1.82, 2.24) is 0 Å². The van der Waals surface area contributed by atoms with Crippen molar-refractivity contribution in [2.75, 3.05) is 0 Å². The molecule has 42 heavy (non-hydrogen) atoms. The summed E-state index contributed by atoms with van der Waals surface area (Å²) in [6.07, 6.45) is 0. The lowest BCUT2D eigenvalue weighted by Crippen LogP contribution is -2.10. The fourth-order valence-corrected chi connectivity index (χ4v) is 5.27. The molecule has 0 amide bonds. The van der Waals surface area contributed by atoms with E-state index < -0.39 is 5.97 Å². The highest BCUT2D eigenvalue weighted by Crippen LogP contribution is 2.47. The highest BCUT2D eigenvalue weighted by molar-refractivity contribution is 9.10. The Morgan fingerprint density at radius 3 is 1.76 bits per heavy atom. The molecule has 1 heterocycles. The van der Waals surface area contributed by atoms with Gasteiger partial charge in [-0.2, -0.15) is 0 Å². The Balaban J connectivity index is 1.61. The van der Waals surface area contributed by atoms with Gasteiger partial charge in [0.25, 0.3) is 0 Å². The second-order valence-electron chi connectivity index (χ2n) is 9.47. The third-order valence-electron chi connectivity index (χ3n) is 6.75. The molecule has 0 saturated carbocycles. The molecule has 204 valence electrons. The quantitative estimate of drug-likeness (QED) is 0.0959. The number of esters is 1. The number of ketones is 1. The van der Waals surface area contributed by atoms with Crippen LogP contribution in [0, 0.1) is 0 Å². The first-order valence-electron chi connectivity index (χ1n) is 13.1. The summed E-state index contributed by atoms with van der Waals surface area (Å²) in [6, 6.07) is 40.5. The first-order chi connectivity index (χ1) is 20.5. The van der Waals surface area contributed by atoms with E-state index in [1.165, 1.54) is 0 Å². The van der Waals surface area contributed by atoms with Gasteiger partial charge in [0.05, 0.1) is 11.1 Å². The van der Waals surface area contributed by atoms with E-state index in [-0.39, 0.29) is 5.78 Å². The van der Waals surface area contributed by atoms with E-state index in [0.717, 1.165) is 20.1 Å². The zero-order valence-corrected chi connectivity index (χ0v) is 25.3. The van der Waals surface area contributed by atoms with Crippen LogP contribution in [0.15, 0.2) is 147 Å². The molecule has 0 bridgehead atoms. The van der Waals surface area contributed by atoms with Crippen LogP contribution in [0.2, 0.25) is 0 Å². The number of hydrogen-bond acceptors (Lipinski definition) is 4. The number of hydrogen-bond donors (Lipinski definition) is 0. The Morgan fingerprint density at radius 1 is 0.548 bits per heavy atom. The summed E-state index contributed by atoms with van der Waals surface area (Å²) in [5.74, 6) is 0.527. The van der Waals surface area contributed by atoms with Gasteiger partial charge in [-0.25, -0.2) is 4.79 Å². The molecule has 0 spiro atoms. The number of carbonyl (C=O) groups is 2. The summed E-state index contributed by atoms with van der Waals surface area (Å²) in [7, 11) is 0. The minimum atomic E-state index is -0.511. The number of ether oxygens (including phenoxy) is 1. The highest BCUT2D eigenvalue weighted by Gasteiger charge is 2.31. The third-order valence-corrected chi connectivity index (χ3v) is 7.81. The second kappa shape index (κ2) is 12.1. The fourth-order valence-electron chi connectivity index (χ4n) is 4.74. The topological polar surface area (TPSA) is 56.5 Å². The zero-order chi connectivity index (χ0) is 29.1. The van der Waals surface area contributed by atoms with Gasteiger partial charge in [-0.05, 0) is 42.5 Å². The van der Waals surface area contributed by atoms with Gasteiger partial charge in [0.15, 0.2) is 5.78 Å². The van der Waals surface area contributed by atoms with Gasteiger partial charge in [0, 0.05) is 36.8 Å². The summed E-state index contributed by atoms with van der Waals surface area (Å²) in [4.78, 5) is 27.6. The standard InChI is InChI=1S/C36H22Br2O4/c37-27-19-15-25(16-20-27)34-31(29-13-7-8-14-30(29)41-36(40)26-17-21-28(38)22-18-26)32(33(39)23-9-3-1-4-10-23)35(42-34)24-11-5-2-6-12-24/h1-22H. The Hall–Kier alpha value is -4.52. The number of para-hydroxylation sites is 1. The minimum absolute atomic E-state index is 0.203. The van der Waals surface area contributed by atoms with E-state index in [2.05, 4.69) is 31.9 Å². The molecule has 0 aliphatic rings. The van der Waals surface area contributed by atoms with Crippen LogP contribution >= 0.6 is 31.9 Å². The first kappa shape index (κ1) is 27.6. The van der Waals surface area contributed by atoms with Crippen molar-refractivity contribution in [2.45, 2.75) is 0 Å². The molecule has 0 saturated heterocycles.